The summed E-state index contributed by atoms with van der Waals surface area (Å²) in [7, 11) is 1.62. The average molecular weight is 387 g/mol. The van der Waals surface area contributed by atoms with Crippen molar-refractivity contribution in [2.45, 2.75) is 6.42 Å². The van der Waals surface area contributed by atoms with Gasteiger partial charge in [-0.15, -0.1) is 0 Å². The van der Waals surface area contributed by atoms with Crippen molar-refractivity contribution in [3.63, 3.8) is 0 Å². The molecule has 104 valence electrons. The third kappa shape index (κ3) is 3.62. The van der Waals surface area contributed by atoms with E-state index in [1.807, 2.05) is 0 Å². The number of carbonyl (C=O) groups is 1. The van der Waals surface area contributed by atoms with Gasteiger partial charge in [-0.3, -0.25) is 4.79 Å². The second-order valence-electron chi connectivity index (χ2n) is 4.35. The Morgan fingerprint density at radius 1 is 1.42 bits per heavy atom. The van der Waals surface area contributed by atoms with Crippen molar-refractivity contribution in [1.82, 2.24) is 0 Å². The molecule has 0 saturated carbocycles. The average Bonchev–Trinajstić information content (AvgIpc) is 2.61. The van der Waals surface area contributed by atoms with Crippen LogP contribution in [0.15, 0.2) is 22.7 Å². The molecule has 1 atom stereocenters. The summed E-state index contributed by atoms with van der Waals surface area (Å²) in [5.41, 5.74) is 0.645. The lowest BCUT2D eigenvalue weighted by Gasteiger charge is -2.18. The van der Waals surface area contributed by atoms with Crippen LogP contribution >= 0.6 is 38.2 Å². The van der Waals surface area contributed by atoms with Gasteiger partial charge in [-0.25, -0.2) is 8.42 Å². The number of nitrogens with zero attached hydrogens (tertiary/aromatic N) is 1. The van der Waals surface area contributed by atoms with Gasteiger partial charge in [0.2, 0.25) is 15.0 Å². The first-order chi connectivity index (χ1) is 8.78. The van der Waals surface area contributed by atoms with Crippen LogP contribution in [0.3, 0.4) is 0 Å². The van der Waals surface area contributed by atoms with Gasteiger partial charge in [-0.2, -0.15) is 0 Å². The van der Waals surface area contributed by atoms with Crippen molar-refractivity contribution in [3.05, 3.63) is 27.7 Å². The summed E-state index contributed by atoms with van der Waals surface area (Å²) < 4.78 is 22.8. The number of carbonyl (C=O) groups excluding carboxylic acids is 1. The molecular formula is C11H10BrCl2NO3S. The van der Waals surface area contributed by atoms with Gasteiger partial charge in [-0.05, 0) is 28.1 Å². The molecule has 1 saturated heterocycles. The predicted molar refractivity (Wildman–Crippen MR) is 79.3 cm³/mol. The minimum atomic E-state index is -3.60. The zero-order chi connectivity index (χ0) is 14.2. The van der Waals surface area contributed by atoms with E-state index in [0.717, 1.165) is 0 Å². The highest BCUT2D eigenvalue weighted by molar-refractivity contribution is 9.10. The third-order valence-corrected chi connectivity index (χ3v) is 5.49. The van der Waals surface area contributed by atoms with Gasteiger partial charge in [0, 0.05) is 29.6 Å². The second-order valence-corrected chi connectivity index (χ2v) is 8.37. The van der Waals surface area contributed by atoms with Crippen LogP contribution in [-0.2, 0) is 13.8 Å². The second kappa shape index (κ2) is 5.60. The van der Waals surface area contributed by atoms with E-state index in [9.17, 15) is 13.2 Å². The first-order valence-electron chi connectivity index (χ1n) is 5.44. The Bertz CT molecular complexity index is 620. The van der Waals surface area contributed by atoms with Gasteiger partial charge in [0.05, 0.1) is 20.9 Å². The molecule has 4 nitrogen and oxygen atoms in total. The Labute approximate surface area is 129 Å². The van der Waals surface area contributed by atoms with E-state index >= 15 is 0 Å². The topological polar surface area (TPSA) is 54.5 Å². The van der Waals surface area contributed by atoms with E-state index in [0.29, 0.717) is 21.7 Å². The first kappa shape index (κ1) is 15.1. The zero-order valence-corrected chi connectivity index (χ0v) is 13.6. The fraction of sp³-hybridized carbons (Fsp3) is 0.364. The van der Waals surface area contributed by atoms with Gasteiger partial charge in [0.15, 0.2) is 0 Å². The van der Waals surface area contributed by atoms with E-state index in [2.05, 4.69) is 15.9 Å². The van der Waals surface area contributed by atoms with Gasteiger partial charge < -0.3 is 4.90 Å². The smallest absolute Gasteiger partial charge is 0.232 e. The molecule has 1 heterocycles. The molecule has 2 rings (SSSR count). The lowest BCUT2D eigenvalue weighted by Crippen LogP contribution is -2.25. The van der Waals surface area contributed by atoms with Crippen LogP contribution in [-0.4, -0.2) is 26.6 Å². The lowest BCUT2D eigenvalue weighted by molar-refractivity contribution is -0.117. The minimum Gasteiger partial charge on any atom is -0.311 e. The van der Waals surface area contributed by atoms with E-state index in [4.69, 9.17) is 22.3 Å². The Kier molecular flexibility index (Phi) is 4.45. The zero-order valence-electron chi connectivity index (χ0n) is 9.64. The maximum Gasteiger partial charge on any atom is 0.232 e. The third-order valence-electron chi connectivity index (χ3n) is 2.86. The first-order valence-corrected chi connectivity index (χ1v) is 9.09. The lowest BCUT2D eigenvalue weighted by atomic mass is 10.1. The molecule has 1 amide bonds. The molecule has 0 aromatic heterocycles. The molecule has 1 aromatic carbocycles. The molecule has 0 radical (unpaired) electrons. The summed E-state index contributed by atoms with van der Waals surface area (Å²) in [6.07, 6.45) is 0.172. The molecule has 1 fully saturated rings. The molecule has 0 aliphatic carbocycles. The van der Waals surface area contributed by atoms with Gasteiger partial charge in [-0.1, -0.05) is 17.7 Å². The SMILES string of the molecule is O=C1CC(CS(=O)(=O)Cl)CN1c1cccc(Cl)c1Br. The molecular weight excluding hydrogens is 377 g/mol. The summed E-state index contributed by atoms with van der Waals surface area (Å²) >= 11 is 9.31. The number of benzene rings is 1. The standard InChI is InChI=1S/C11H10BrCl2NO3S/c12-11-8(13)2-1-3-9(11)15-5-7(4-10(15)16)6-19(14,17)18/h1-3,7H,4-6H2. The molecule has 1 unspecified atom stereocenters. The minimum absolute atomic E-state index is 0.131. The quantitative estimate of drug-likeness (QED) is 0.750. The summed E-state index contributed by atoms with van der Waals surface area (Å²) in [5.74, 6) is -0.621. The highest BCUT2D eigenvalue weighted by Gasteiger charge is 2.34. The van der Waals surface area contributed by atoms with Crippen molar-refractivity contribution >= 4 is 58.9 Å². The van der Waals surface area contributed by atoms with E-state index < -0.39 is 9.05 Å². The maximum atomic E-state index is 12.0. The molecule has 1 aliphatic heterocycles. The maximum absolute atomic E-state index is 12.0. The van der Waals surface area contributed by atoms with Gasteiger partial charge in [0.1, 0.15) is 0 Å². The number of halogens is 3. The van der Waals surface area contributed by atoms with Crippen molar-refractivity contribution in [2.75, 3.05) is 17.2 Å². The van der Waals surface area contributed by atoms with Crippen molar-refractivity contribution in [1.29, 1.82) is 0 Å². The molecule has 1 aliphatic rings. The molecule has 19 heavy (non-hydrogen) atoms. The molecule has 0 bridgehead atoms. The summed E-state index contributed by atoms with van der Waals surface area (Å²) in [6, 6.07) is 5.20. The van der Waals surface area contributed by atoms with Crippen molar-refractivity contribution in [3.8, 4) is 0 Å². The number of hydrogen-bond donors (Lipinski definition) is 0. The summed E-state index contributed by atoms with van der Waals surface area (Å²) in [5, 5.41) is 0.499. The molecule has 0 spiro atoms. The van der Waals surface area contributed by atoms with E-state index in [-0.39, 0.29) is 24.0 Å². The van der Waals surface area contributed by atoms with Crippen LogP contribution in [0.4, 0.5) is 5.69 Å². The molecule has 1 aromatic rings. The Morgan fingerprint density at radius 2 is 2.11 bits per heavy atom. The van der Waals surface area contributed by atoms with Gasteiger partial charge >= 0.3 is 0 Å². The summed E-state index contributed by atoms with van der Waals surface area (Å²) in [4.78, 5) is 13.5. The fourth-order valence-electron chi connectivity index (χ4n) is 2.11. The fourth-order valence-corrected chi connectivity index (χ4v) is 4.08. The van der Waals surface area contributed by atoms with E-state index in [1.54, 1.807) is 18.2 Å². The van der Waals surface area contributed by atoms with Crippen LogP contribution in [0.5, 0.6) is 0 Å². The highest BCUT2D eigenvalue weighted by atomic mass is 79.9. The highest BCUT2D eigenvalue weighted by Crippen LogP contribution is 2.36. The monoisotopic (exact) mass is 385 g/mol. The Hall–Kier alpha value is -0.300. The van der Waals surface area contributed by atoms with Crippen LogP contribution in [0.25, 0.3) is 0 Å². The largest absolute Gasteiger partial charge is 0.311 e. The number of rotatable bonds is 3. The molecule has 8 heteroatoms. The van der Waals surface area contributed by atoms with Crippen molar-refractivity contribution < 1.29 is 13.2 Å². The number of amides is 1. The van der Waals surface area contributed by atoms with Crippen LogP contribution < -0.4 is 4.90 Å². The van der Waals surface area contributed by atoms with Crippen LogP contribution in [0.2, 0.25) is 5.02 Å². The van der Waals surface area contributed by atoms with Gasteiger partial charge in [0.25, 0.3) is 0 Å². The Balaban J connectivity index is 2.23. The van der Waals surface area contributed by atoms with Crippen LogP contribution in [0, 0.1) is 5.92 Å². The normalized spacial score (nSPS) is 20.1. The number of hydrogen-bond acceptors (Lipinski definition) is 3. The van der Waals surface area contributed by atoms with E-state index in [1.165, 1.54) is 4.90 Å². The Morgan fingerprint density at radius 3 is 2.74 bits per heavy atom. The number of anilines is 1. The molecule has 0 N–H and O–H groups in total. The predicted octanol–water partition coefficient (Wildman–Crippen LogP) is 3.02. The summed E-state index contributed by atoms with van der Waals surface area (Å²) in [6.45, 7) is 0.323. The van der Waals surface area contributed by atoms with Crippen LogP contribution in [0.1, 0.15) is 6.42 Å². The van der Waals surface area contributed by atoms with Crippen molar-refractivity contribution in [2.24, 2.45) is 5.92 Å².